The Morgan fingerprint density at radius 3 is 2.45 bits per heavy atom. The molecule has 0 aliphatic heterocycles. The van der Waals surface area contributed by atoms with Gasteiger partial charge < -0.3 is 15.7 Å². The highest BCUT2D eigenvalue weighted by atomic mass is 35.5. The van der Waals surface area contributed by atoms with Gasteiger partial charge in [0.25, 0.3) is 0 Å². The van der Waals surface area contributed by atoms with Gasteiger partial charge in [-0.15, -0.1) is 0 Å². The van der Waals surface area contributed by atoms with Crippen LogP contribution in [0.15, 0.2) is 48.5 Å². The van der Waals surface area contributed by atoms with E-state index in [1.54, 1.807) is 18.2 Å². The molecule has 0 amide bonds. The second-order valence-corrected chi connectivity index (χ2v) is 6.12. The summed E-state index contributed by atoms with van der Waals surface area (Å²) in [6.45, 7) is 1.86. The predicted octanol–water partition coefficient (Wildman–Crippen LogP) is 4.40. The minimum atomic E-state index is -0.665. The minimum absolute atomic E-state index is 0.256. The smallest absolute Gasteiger partial charge is 0.171 e. The van der Waals surface area contributed by atoms with Crippen LogP contribution in [-0.4, -0.2) is 16.3 Å². The number of benzene rings is 2. The van der Waals surface area contributed by atoms with E-state index in [1.807, 2.05) is 37.3 Å². The predicted molar refractivity (Wildman–Crippen MR) is 96.7 cm³/mol. The first-order valence-corrected chi connectivity index (χ1v) is 7.89. The molecule has 0 aromatic heterocycles. The fourth-order valence-corrected chi connectivity index (χ4v) is 2.73. The van der Waals surface area contributed by atoms with E-state index in [2.05, 4.69) is 10.6 Å². The Hall–Kier alpha value is -1.33. The van der Waals surface area contributed by atoms with Crippen LogP contribution in [0, 0.1) is 0 Å². The normalized spacial score (nSPS) is 13.3. The zero-order valence-electron chi connectivity index (χ0n) is 11.9. The van der Waals surface area contributed by atoms with E-state index in [0.717, 1.165) is 5.56 Å². The van der Waals surface area contributed by atoms with Gasteiger partial charge in [0.2, 0.25) is 0 Å². The first-order chi connectivity index (χ1) is 10.5. The van der Waals surface area contributed by atoms with Crippen LogP contribution < -0.4 is 10.6 Å². The summed E-state index contributed by atoms with van der Waals surface area (Å²) in [4.78, 5) is 0. The van der Waals surface area contributed by atoms with Crippen LogP contribution in [0.5, 0.6) is 0 Å². The van der Waals surface area contributed by atoms with E-state index in [0.29, 0.717) is 20.8 Å². The largest absolute Gasteiger partial charge is 0.386 e. The van der Waals surface area contributed by atoms with Gasteiger partial charge in [0.15, 0.2) is 5.11 Å². The molecule has 2 aromatic rings. The lowest BCUT2D eigenvalue weighted by Crippen LogP contribution is -2.39. The molecule has 0 spiro atoms. The number of rotatable bonds is 4. The molecule has 6 heteroatoms. The summed E-state index contributed by atoms with van der Waals surface area (Å²) < 4.78 is 0. The van der Waals surface area contributed by atoms with E-state index in [9.17, 15) is 5.11 Å². The van der Waals surface area contributed by atoms with Crippen LogP contribution in [0.2, 0.25) is 10.0 Å². The van der Waals surface area contributed by atoms with E-state index in [1.165, 1.54) is 0 Å². The topological polar surface area (TPSA) is 44.3 Å². The Balaban J connectivity index is 1.96. The SMILES string of the molecule is C[C@H](NC(=S)Nc1ccc(Cl)cc1Cl)[C@@H](O)c1ccccc1. The van der Waals surface area contributed by atoms with Gasteiger partial charge in [0.1, 0.15) is 0 Å². The highest BCUT2D eigenvalue weighted by Gasteiger charge is 2.17. The molecule has 0 heterocycles. The lowest BCUT2D eigenvalue weighted by molar-refractivity contribution is 0.145. The molecule has 0 aliphatic carbocycles. The number of hydrogen-bond donors (Lipinski definition) is 3. The van der Waals surface area contributed by atoms with Crippen LogP contribution >= 0.6 is 35.4 Å². The van der Waals surface area contributed by atoms with Gasteiger partial charge in [-0.2, -0.15) is 0 Å². The number of aliphatic hydroxyl groups excluding tert-OH is 1. The van der Waals surface area contributed by atoms with E-state index >= 15 is 0 Å². The second kappa shape index (κ2) is 7.79. The molecular formula is C16H16Cl2N2OS. The van der Waals surface area contributed by atoms with E-state index in [-0.39, 0.29) is 6.04 Å². The molecule has 0 unspecified atom stereocenters. The maximum Gasteiger partial charge on any atom is 0.171 e. The quantitative estimate of drug-likeness (QED) is 0.712. The van der Waals surface area contributed by atoms with Gasteiger partial charge in [0.05, 0.1) is 22.9 Å². The highest BCUT2D eigenvalue weighted by molar-refractivity contribution is 7.80. The molecule has 0 saturated carbocycles. The number of aliphatic hydroxyl groups is 1. The van der Waals surface area contributed by atoms with Gasteiger partial charge in [-0.25, -0.2) is 0 Å². The summed E-state index contributed by atoms with van der Waals surface area (Å²) in [7, 11) is 0. The van der Waals surface area contributed by atoms with Crippen molar-refractivity contribution in [3.63, 3.8) is 0 Å². The van der Waals surface area contributed by atoms with Crippen LogP contribution in [0.3, 0.4) is 0 Å². The summed E-state index contributed by atoms with van der Waals surface area (Å²) >= 11 is 17.2. The van der Waals surface area contributed by atoms with Crippen molar-refractivity contribution >= 4 is 46.2 Å². The minimum Gasteiger partial charge on any atom is -0.386 e. The molecule has 0 bridgehead atoms. The molecular weight excluding hydrogens is 339 g/mol. The van der Waals surface area contributed by atoms with Crippen LogP contribution in [0.1, 0.15) is 18.6 Å². The first kappa shape index (κ1) is 17.0. The van der Waals surface area contributed by atoms with Crippen LogP contribution in [-0.2, 0) is 0 Å². The fourth-order valence-electron chi connectivity index (χ4n) is 1.97. The van der Waals surface area contributed by atoms with Crippen molar-refractivity contribution in [3.05, 3.63) is 64.1 Å². The third-order valence-electron chi connectivity index (χ3n) is 3.15. The Labute approximate surface area is 145 Å². The summed E-state index contributed by atoms with van der Waals surface area (Å²) in [5, 5.41) is 17.8. The monoisotopic (exact) mass is 354 g/mol. The molecule has 0 radical (unpaired) electrons. The standard InChI is InChI=1S/C16H16Cl2N2OS/c1-10(15(21)11-5-3-2-4-6-11)19-16(22)20-14-8-7-12(17)9-13(14)18/h2-10,15,21H,1H3,(H2,19,20,22)/t10-,15+/m0/s1. The van der Waals surface area contributed by atoms with Crippen molar-refractivity contribution in [2.24, 2.45) is 0 Å². The Kier molecular flexibility index (Phi) is 6.03. The van der Waals surface area contributed by atoms with Gasteiger partial charge >= 0.3 is 0 Å². The molecule has 116 valence electrons. The lowest BCUT2D eigenvalue weighted by Gasteiger charge is -2.22. The highest BCUT2D eigenvalue weighted by Crippen LogP contribution is 2.25. The average molecular weight is 355 g/mol. The second-order valence-electron chi connectivity index (χ2n) is 4.87. The van der Waals surface area contributed by atoms with Crippen LogP contribution in [0.25, 0.3) is 0 Å². The molecule has 3 nitrogen and oxygen atoms in total. The van der Waals surface area contributed by atoms with E-state index < -0.39 is 6.10 Å². The molecule has 2 aromatic carbocycles. The number of halogens is 2. The zero-order valence-corrected chi connectivity index (χ0v) is 14.2. The summed E-state index contributed by atoms with van der Waals surface area (Å²) in [5.74, 6) is 0. The lowest BCUT2D eigenvalue weighted by atomic mass is 10.0. The molecule has 0 aliphatic rings. The van der Waals surface area contributed by atoms with Crippen molar-refractivity contribution in [2.45, 2.75) is 19.1 Å². The zero-order chi connectivity index (χ0) is 16.1. The number of anilines is 1. The summed E-state index contributed by atoms with van der Waals surface area (Å²) in [6.07, 6.45) is -0.665. The molecule has 2 atom stereocenters. The molecule has 3 N–H and O–H groups in total. The maximum absolute atomic E-state index is 10.3. The molecule has 0 fully saturated rings. The van der Waals surface area contributed by atoms with Crippen molar-refractivity contribution < 1.29 is 5.11 Å². The van der Waals surface area contributed by atoms with Gasteiger partial charge in [-0.05, 0) is 42.9 Å². The number of hydrogen-bond acceptors (Lipinski definition) is 2. The van der Waals surface area contributed by atoms with Crippen molar-refractivity contribution in [1.29, 1.82) is 0 Å². The number of nitrogens with one attached hydrogen (secondary N) is 2. The average Bonchev–Trinajstić information content (AvgIpc) is 2.50. The van der Waals surface area contributed by atoms with Crippen LogP contribution in [0.4, 0.5) is 5.69 Å². The molecule has 22 heavy (non-hydrogen) atoms. The first-order valence-electron chi connectivity index (χ1n) is 6.73. The third kappa shape index (κ3) is 4.58. The van der Waals surface area contributed by atoms with E-state index in [4.69, 9.17) is 35.4 Å². The summed E-state index contributed by atoms with van der Waals surface area (Å²) in [6, 6.07) is 14.3. The van der Waals surface area contributed by atoms with Crippen molar-refractivity contribution in [2.75, 3.05) is 5.32 Å². The van der Waals surface area contributed by atoms with Crippen molar-refractivity contribution in [3.8, 4) is 0 Å². The van der Waals surface area contributed by atoms with Gasteiger partial charge in [-0.3, -0.25) is 0 Å². The molecule has 0 saturated heterocycles. The van der Waals surface area contributed by atoms with Gasteiger partial charge in [0, 0.05) is 5.02 Å². The third-order valence-corrected chi connectivity index (χ3v) is 3.92. The van der Waals surface area contributed by atoms with Crippen molar-refractivity contribution in [1.82, 2.24) is 5.32 Å². The Morgan fingerprint density at radius 2 is 1.82 bits per heavy atom. The van der Waals surface area contributed by atoms with Gasteiger partial charge in [-0.1, -0.05) is 53.5 Å². The number of thiocarbonyl (C=S) groups is 1. The maximum atomic E-state index is 10.3. The Bertz CT molecular complexity index is 652. The fraction of sp³-hybridized carbons (Fsp3) is 0.188. The molecule has 2 rings (SSSR count). The Morgan fingerprint density at radius 1 is 1.14 bits per heavy atom. The summed E-state index contributed by atoms with van der Waals surface area (Å²) in [5.41, 5.74) is 1.49.